The fourth-order valence-corrected chi connectivity index (χ4v) is 2.97. The van der Waals surface area contributed by atoms with Crippen LogP contribution in [-0.2, 0) is 0 Å². The van der Waals surface area contributed by atoms with Crippen LogP contribution in [0.5, 0.6) is 0 Å². The van der Waals surface area contributed by atoms with Crippen LogP contribution < -0.4 is 5.73 Å². The lowest BCUT2D eigenvalue weighted by Crippen LogP contribution is -2.16. The molecule has 17 heavy (non-hydrogen) atoms. The molecular formula is C13H20IN3. The van der Waals surface area contributed by atoms with E-state index in [0.29, 0.717) is 11.7 Å². The molecule has 0 aromatic carbocycles. The fraction of sp³-hybridized carbons (Fsp3) is 0.692. The maximum Gasteiger partial charge on any atom is 0.140 e. The lowest BCUT2D eigenvalue weighted by molar-refractivity contribution is 0.302. The van der Waals surface area contributed by atoms with Crippen LogP contribution in [0.2, 0.25) is 0 Å². The Hall–Kier alpha value is -0.390. The van der Waals surface area contributed by atoms with E-state index in [2.05, 4.69) is 39.5 Å². The van der Waals surface area contributed by atoms with Crippen LogP contribution in [0.15, 0.2) is 6.20 Å². The van der Waals surface area contributed by atoms with Crippen molar-refractivity contribution in [2.24, 2.45) is 5.92 Å². The van der Waals surface area contributed by atoms with E-state index in [1.54, 1.807) is 0 Å². The van der Waals surface area contributed by atoms with Crippen LogP contribution in [-0.4, -0.2) is 9.97 Å². The molecule has 0 radical (unpaired) electrons. The largest absolute Gasteiger partial charge is 0.383 e. The van der Waals surface area contributed by atoms with Crippen molar-refractivity contribution in [2.45, 2.75) is 51.4 Å². The number of rotatable bonds is 3. The molecule has 0 bridgehead atoms. The van der Waals surface area contributed by atoms with E-state index < -0.39 is 0 Å². The maximum absolute atomic E-state index is 5.84. The van der Waals surface area contributed by atoms with Gasteiger partial charge in [-0.25, -0.2) is 9.97 Å². The van der Waals surface area contributed by atoms with Crippen molar-refractivity contribution in [3.63, 3.8) is 0 Å². The molecule has 3 nitrogen and oxygen atoms in total. The number of nitrogens with two attached hydrogens (primary N) is 1. The quantitative estimate of drug-likeness (QED) is 0.849. The Kier molecular flexibility index (Phi) is 4.59. The van der Waals surface area contributed by atoms with Gasteiger partial charge >= 0.3 is 0 Å². The third-order valence-electron chi connectivity index (χ3n) is 3.70. The number of hydrogen-bond donors (Lipinski definition) is 1. The van der Waals surface area contributed by atoms with E-state index >= 15 is 0 Å². The molecule has 0 aliphatic heterocycles. The van der Waals surface area contributed by atoms with Crippen molar-refractivity contribution in [1.82, 2.24) is 9.97 Å². The highest BCUT2D eigenvalue weighted by atomic mass is 127. The highest BCUT2D eigenvalue weighted by Gasteiger charge is 2.23. The summed E-state index contributed by atoms with van der Waals surface area (Å²) in [6, 6.07) is 0. The van der Waals surface area contributed by atoms with E-state index in [1.807, 2.05) is 6.20 Å². The van der Waals surface area contributed by atoms with Gasteiger partial charge in [0.05, 0.1) is 3.57 Å². The minimum atomic E-state index is 0.530. The molecule has 1 aromatic heterocycles. The molecule has 1 saturated carbocycles. The van der Waals surface area contributed by atoms with Gasteiger partial charge in [0.2, 0.25) is 0 Å². The monoisotopic (exact) mass is 345 g/mol. The lowest BCUT2D eigenvalue weighted by atomic mass is 9.80. The second-order valence-electron chi connectivity index (χ2n) is 4.97. The Morgan fingerprint density at radius 2 is 2.06 bits per heavy atom. The number of hydrogen-bond acceptors (Lipinski definition) is 3. The number of anilines is 1. The van der Waals surface area contributed by atoms with Gasteiger partial charge in [-0.1, -0.05) is 19.8 Å². The van der Waals surface area contributed by atoms with Crippen LogP contribution in [0, 0.1) is 9.49 Å². The highest BCUT2D eigenvalue weighted by Crippen LogP contribution is 2.36. The molecule has 0 atom stereocenters. The summed E-state index contributed by atoms with van der Waals surface area (Å²) < 4.78 is 0.950. The van der Waals surface area contributed by atoms with Crippen molar-refractivity contribution < 1.29 is 0 Å². The molecule has 2 N–H and O–H groups in total. The second kappa shape index (κ2) is 5.98. The lowest BCUT2D eigenvalue weighted by Gasteiger charge is -2.27. The summed E-state index contributed by atoms with van der Waals surface area (Å²) in [6.45, 7) is 2.27. The first-order chi connectivity index (χ1) is 8.20. The van der Waals surface area contributed by atoms with Crippen molar-refractivity contribution in [3.8, 4) is 0 Å². The maximum atomic E-state index is 5.84. The number of aromatic nitrogens is 2. The Morgan fingerprint density at radius 3 is 2.65 bits per heavy atom. The van der Waals surface area contributed by atoms with E-state index in [4.69, 9.17) is 5.73 Å². The molecule has 0 unspecified atom stereocenters. The summed E-state index contributed by atoms with van der Waals surface area (Å²) in [5.74, 6) is 3.05. The standard InChI is InChI=1S/C13H20IN3/c1-2-3-9-4-6-10(7-5-9)13-16-8-11(14)12(15)17-13/h8-10H,2-7H2,1H3,(H2,15,16,17). The van der Waals surface area contributed by atoms with Crippen molar-refractivity contribution in [1.29, 1.82) is 0 Å². The molecule has 0 saturated heterocycles. The summed E-state index contributed by atoms with van der Waals surface area (Å²) in [4.78, 5) is 8.86. The van der Waals surface area contributed by atoms with E-state index in [-0.39, 0.29) is 0 Å². The third kappa shape index (κ3) is 3.30. The molecule has 1 fully saturated rings. The van der Waals surface area contributed by atoms with Crippen LogP contribution in [0.3, 0.4) is 0 Å². The summed E-state index contributed by atoms with van der Waals surface area (Å²) in [5, 5.41) is 0. The molecular weight excluding hydrogens is 325 g/mol. The number of nitrogen functional groups attached to an aromatic ring is 1. The zero-order valence-corrected chi connectivity index (χ0v) is 12.5. The van der Waals surface area contributed by atoms with E-state index in [0.717, 1.165) is 15.3 Å². The van der Waals surface area contributed by atoms with Crippen LogP contribution in [0.4, 0.5) is 5.82 Å². The molecule has 1 aliphatic rings. The topological polar surface area (TPSA) is 51.8 Å². The Morgan fingerprint density at radius 1 is 1.35 bits per heavy atom. The first kappa shape index (κ1) is 13.1. The zero-order valence-electron chi connectivity index (χ0n) is 10.3. The van der Waals surface area contributed by atoms with Gasteiger partial charge in [0.15, 0.2) is 0 Å². The third-order valence-corrected chi connectivity index (χ3v) is 4.53. The number of halogens is 1. The average molecular weight is 345 g/mol. The Labute approximate surface area is 117 Å². The molecule has 2 rings (SSSR count). The minimum Gasteiger partial charge on any atom is -0.383 e. The van der Waals surface area contributed by atoms with E-state index in [1.165, 1.54) is 38.5 Å². The predicted molar refractivity (Wildman–Crippen MR) is 78.8 cm³/mol. The summed E-state index contributed by atoms with van der Waals surface area (Å²) in [5.41, 5.74) is 5.84. The van der Waals surface area contributed by atoms with Crippen molar-refractivity contribution >= 4 is 28.4 Å². The molecule has 1 heterocycles. The fourth-order valence-electron chi connectivity index (χ4n) is 2.71. The molecule has 4 heteroatoms. The number of nitrogens with zero attached hydrogens (tertiary/aromatic N) is 2. The second-order valence-corrected chi connectivity index (χ2v) is 6.13. The summed E-state index contributed by atoms with van der Waals surface area (Å²) in [6.07, 6.45) is 9.64. The van der Waals surface area contributed by atoms with Gasteiger partial charge < -0.3 is 5.73 Å². The molecule has 0 spiro atoms. The van der Waals surface area contributed by atoms with Gasteiger partial charge in [-0.05, 0) is 54.2 Å². The van der Waals surface area contributed by atoms with Gasteiger partial charge in [-0.3, -0.25) is 0 Å². The predicted octanol–water partition coefficient (Wildman–Crippen LogP) is 3.74. The normalized spacial score (nSPS) is 24.8. The smallest absolute Gasteiger partial charge is 0.140 e. The molecule has 1 aliphatic carbocycles. The van der Waals surface area contributed by atoms with E-state index in [9.17, 15) is 0 Å². The van der Waals surface area contributed by atoms with Crippen molar-refractivity contribution in [2.75, 3.05) is 5.73 Å². The van der Waals surface area contributed by atoms with Crippen molar-refractivity contribution in [3.05, 3.63) is 15.6 Å². The molecule has 1 aromatic rings. The first-order valence-electron chi connectivity index (χ1n) is 6.48. The van der Waals surface area contributed by atoms with Gasteiger partial charge in [0.1, 0.15) is 11.6 Å². The molecule has 94 valence electrons. The van der Waals surface area contributed by atoms with Crippen LogP contribution >= 0.6 is 22.6 Å². The van der Waals surface area contributed by atoms with Crippen LogP contribution in [0.25, 0.3) is 0 Å². The first-order valence-corrected chi connectivity index (χ1v) is 7.56. The van der Waals surface area contributed by atoms with Gasteiger partial charge in [-0.2, -0.15) is 0 Å². The Balaban J connectivity index is 1.98. The van der Waals surface area contributed by atoms with Gasteiger partial charge in [0.25, 0.3) is 0 Å². The summed E-state index contributed by atoms with van der Waals surface area (Å²) >= 11 is 2.18. The summed E-state index contributed by atoms with van der Waals surface area (Å²) in [7, 11) is 0. The van der Waals surface area contributed by atoms with Crippen LogP contribution in [0.1, 0.15) is 57.2 Å². The van der Waals surface area contributed by atoms with Gasteiger partial charge in [-0.15, -0.1) is 0 Å². The Bertz CT molecular complexity index is 373. The molecule has 0 amide bonds. The average Bonchev–Trinajstić information content (AvgIpc) is 2.34. The zero-order chi connectivity index (χ0) is 12.3. The highest BCUT2D eigenvalue weighted by molar-refractivity contribution is 14.1. The SMILES string of the molecule is CCCC1CCC(c2ncc(I)c(N)n2)CC1. The van der Waals surface area contributed by atoms with Gasteiger partial charge in [0, 0.05) is 12.1 Å². The minimum absolute atomic E-state index is 0.530.